The Balaban J connectivity index is 2.03. The summed E-state index contributed by atoms with van der Waals surface area (Å²) in [6.45, 7) is 0. The fourth-order valence-electron chi connectivity index (χ4n) is 1.83. The molecule has 0 saturated carbocycles. The summed E-state index contributed by atoms with van der Waals surface area (Å²) in [4.78, 5) is 0. The van der Waals surface area contributed by atoms with Crippen LogP contribution in [0.15, 0.2) is 0 Å². The fraction of sp³-hybridized carbons (Fsp3) is 1.00. The molecule has 2 saturated heterocycles. The quantitative estimate of drug-likeness (QED) is 0.508. The van der Waals surface area contributed by atoms with Gasteiger partial charge in [0.1, 0.15) is 0 Å². The molecule has 9 heavy (non-hydrogen) atoms. The van der Waals surface area contributed by atoms with Gasteiger partial charge in [0.2, 0.25) is 0 Å². The molecule has 0 spiro atoms. The average Bonchev–Trinajstić information content (AvgIpc) is 2.11. The molecule has 0 N–H and O–H groups in total. The van der Waals surface area contributed by atoms with Crippen LogP contribution in [-0.2, 0) is 4.74 Å². The van der Waals surface area contributed by atoms with Gasteiger partial charge in [-0.05, 0) is 25.7 Å². The summed E-state index contributed by atoms with van der Waals surface area (Å²) < 4.78 is 5.62. The molecular weight excluding hydrogens is 132 g/mol. The second-order valence-electron chi connectivity index (χ2n) is 3.08. The summed E-state index contributed by atoms with van der Waals surface area (Å²) in [5.41, 5.74) is 0. The van der Waals surface area contributed by atoms with Crippen LogP contribution in [0.2, 0.25) is 0 Å². The average molecular weight is 144 g/mol. The van der Waals surface area contributed by atoms with E-state index in [0.29, 0.717) is 17.5 Å². The Morgan fingerprint density at radius 1 is 1.11 bits per heavy atom. The van der Waals surface area contributed by atoms with Crippen LogP contribution in [0.5, 0.6) is 0 Å². The topological polar surface area (TPSA) is 9.23 Å². The van der Waals surface area contributed by atoms with Crippen molar-refractivity contribution in [3.05, 3.63) is 0 Å². The minimum Gasteiger partial charge on any atom is -0.375 e. The normalized spacial score (nSPS) is 49.7. The zero-order chi connectivity index (χ0) is 6.27. The first-order valence-corrected chi connectivity index (χ1v) is 4.20. The van der Waals surface area contributed by atoms with Crippen LogP contribution in [0.1, 0.15) is 25.7 Å². The van der Waals surface area contributed by atoms with E-state index < -0.39 is 0 Å². The fourth-order valence-corrected chi connectivity index (χ4v) is 2.30. The van der Waals surface area contributed by atoms with Gasteiger partial charge in [0.15, 0.2) is 0 Å². The van der Waals surface area contributed by atoms with E-state index in [4.69, 9.17) is 4.74 Å². The van der Waals surface area contributed by atoms with Gasteiger partial charge in [-0.3, -0.25) is 0 Å². The van der Waals surface area contributed by atoms with Gasteiger partial charge in [-0.25, -0.2) is 0 Å². The molecular formula is C7H12OS. The van der Waals surface area contributed by atoms with Gasteiger partial charge >= 0.3 is 0 Å². The van der Waals surface area contributed by atoms with Crippen LogP contribution in [0.3, 0.4) is 0 Å². The van der Waals surface area contributed by atoms with E-state index in [2.05, 4.69) is 12.6 Å². The third-order valence-corrected chi connectivity index (χ3v) is 2.69. The van der Waals surface area contributed by atoms with Crippen LogP contribution >= 0.6 is 12.6 Å². The van der Waals surface area contributed by atoms with E-state index in [0.717, 1.165) is 0 Å². The van der Waals surface area contributed by atoms with E-state index >= 15 is 0 Å². The third kappa shape index (κ3) is 1.10. The summed E-state index contributed by atoms with van der Waals surface area (Å²) in [5.74, 6) is 0. The molecule has 2 heterocycles. The molecule has 0 aromatic rings. The molecule has 0 radical (unpaired) electrons. The predicted octanol–water partition coefficient (Wildman–Crippen LogP) is 1.63. The SMILES string of the molecule is SC1CC2CCC(C1)O2. The largest absolute Gasteiger partial charge is 0.375 e. The molecule has 2 atom stereocenters. The molecule has 52 valence electrons. The first-order chi connectivity index (χ1) is 4.34. The molecule has 2 aliphatic rings. The number of ether oxygens (including phenoxy) is 1. The lowest BCUT2D eigenvalue weighted by molar-refractivity contribution is 0.00890. The Morgan fingerprint density at radius 3 is 2.22 bits per heavy atom. The summed E-state index contributed by atoms with van der Waals surface area (Å²) in [7, 11) is 0. The molecule has 0 aromatic heterocycles. The van der Waals surface area contributed by atoms with Gasteiger partial charge < -0.3 is 4.74 Å². The van der Waals surface area contributed by atoms with Crippen molar-refractivity contribution in [3.63, 3.8) is 0 Å². The molecule has 0 aliphatic carbocycles. The van der Waals surface area contributed by atoms with E-state index in [1.54, 1.807) is 0 Å². The Morgan fingerprint density at radius 2 is 1.67 bits per heavy atom. The van der Waals surface area contributed by atoms with Gasteiger partial charge in [-0.1, -0.05) is 0 Å². The first kappa shape index (κ1) is 6.05. The van der Waals surface area contributed by atoms with Crippen molar-refractivity contribution in [1.29, 1.82) is 0 Å². The highest BCUT2D eigenvalue weighted by atomic mass is 32.1. The molecule has 2 unspecified atom stereocenters. The highest BCUT2D eigenvalue weighted by molar-refractivity contribution is 7.80. The van der Waals surface area contributed by atoms with E-state index in [-0.39, 0.29) is 0 Å². The minimum atomic E-state index is 0.561. The maximum absolute atomic E-state index is 5.62. The second kappa shape index (κ2) is 2.17. The zero-order valence-corrected chi connectivity index (χ0v) is 6.31. The van der Waals surface area contributed by atoms with Crippen LogP contribution in [0, 0.1) is 0 Å². The summed E-state index contributed by atoms with van der Waals surface area (Å²) in [6, 6.07) is 0. The number of thiol groups is 1. The Bertz CT molecular complexity index is 103. The lowest BCUT2D eigenvalue weighted by Crippen LogP contribution is -2.24. The van der Waals surface area contributed by atoms with Gasteiger partial charge in [0, 0.05) is 5.25 Å². The standard InChI is InChI=1S/C7H12OS/c9-7-3-5-1-2-6(4-7)8-5/h5-7,9H,1-4H2. The molecule has 0 amide bonds. The van der Waals surface area contributed by atoms with Crippen molar-refractivity contribution in [3.8, 4) is 0 Å². The monoisotopic (exact) mass is 144 g/mol. The van der Waals surface area contributed by atoms with Crippen molar-refractivity contribution >= 4 is 12.6 Å². The van der Waals surface area contributed by atoms with Crippen molar-refractivity contribution in [2.24, 2.45) is 0 Å². The third-order valence-electron chi connectivity index (χ3n) is 2.27. The van der Waals surface area contributed by atoms with Crippen molar-refractivity contribution in [1.82, 2.24) is 0 Å². The van der Waals surface area contributed by atoms with E-state index in [1.165, 1.54) is 25.7 Å². The lowest BCUT2D eigenvalue weighted by Gasteiger charge is -2.24. The zero-order valence-electron chi connectivity index (χ0n) is 5.42. The molecule has 2 aliphatic heterocycles. The summed E-state index contributed by atoms with van der Waals surface area (Å²) >= 11 is 4.44. The van der Waals surface area contributed by atoms with Crippen LogP contribution in [0.4, 0.5) is 0 Å². The number of rotatable bonds is 0. The van der Waals surface area contributed by atoms with Gasteiger partial charge in [0.05, 0.1) is 12.2 Å². The lowest BCUT2D eigenvalue weighted by atomic mass is 10.1. The maximum atomic E-state index is 5.62. The van der Waals surface area contributed by atoms with Gasteiger partial charge in [-0.15, -0.1) is 0 Å². The minimum absolute atomic E-state index is 0.561. The van der Waals surface area contributed by atoms with Crippen molar-refractivity contribution in [2.45, 2.75) is 43.1 Å². The highest BCUT2D eigenvalue weighted by Crippen LogP contribution is 2.34. The van der Waals surface area contributed by atoms with Crippen molar-refractivity contribution in [2.75, 3.05) is 0 Å². The summed E-state index contributed by atoms with van der Waals surface area (Å²) in [6.07, 6.45) is 6.04. The van der Waals surface area contributed by atoms with Crippen LogP contribution in [-0.4, -0.2) is 17.5 Å². The maximum Gasteiger partial charge on any atom is 0.0590 e. The second-order valence-corrected chi connectivity index (χ2v) is 3.81. The molecule has 2 bridgehead atoms. The highest BCUT2D eigenvalue weighted by Gasteiger charge is 2.33. The van der Waals surface area contributed by atoms with E-state index in [9.17, 15) is 0 Å². The van der Waals surface area contributed by atoms with Crippen LogP contribution < -0.4 is 0 Å². The number of hydrogen-bond acceptors (Lipinski definition) is 2. The number of hydrogen-bond donors (Lipinski definition) is 1. The smallest absolute Gasteiger partial charge is 0.0590 e. The van der Waals surface area contributed by atoms with Gasteiger partial charge in [-0.2, -0.15) is 12.6 Å². The predicted molar refractivity (Wildman–Crippen MR) is 39.9 cm³/mol. The Hall–Kier alpha value is 0.310. The van der Waals surface area contributed by atoms with Crippen LogP contribution in [0.25, 0.3) is 0 Å². The van der Waals surface area contributed by atoms with E-state index in [1.807, 2.05) is 0 Å². The molecule has 2 rings (SSSR count). The Kier molecular flexibility index (Phi) is 1.46. The molecule has 1 nitrogen and oxygen atoms in total. The molecule has 2 fully saturated rings. The van der Waals surface area contributed by atoms with Crippen molar-refractivity contribution < 1.29 is 4.74 Å². The Labute approximate surface area is 61.2 Å². The summed E-state index contributed by atoms with van der Waals surface area (Å²) in [5, 5.41) is 0.622. The first-order valence-electron chi connectivity index (χ1n) is 3.68. The number of fused-ring (bicyclic) bond motifs is 2. The van der Waals surface area contributed by atoms with Gasteiger partial charge in [0.25, 0.3) is 0 Å². The molecule has 0 aromatic carbocycles. The molecule has 2 heteroatoms.